The number of rotatable bonds is 5. The predicted molar refractivity (Wildman–Crippen MR) is 132 cm³/mol. The van der Waals surface area contributed by atoms with E-state index in [9.17, 15) is 9.59 Å². The molecule has 0 radical (unpaired) electrons. The maximum atomic E-state index is 12.7. The van der Waals surface area contributed by atoms with Gasteiger partial charge in [-0.2, -0.15) is 0 Å². The second-order valence-electron chi connectivity index (χ2n) is 12.1. The molecule has 0 aliphatic carbocycles. The fourth-order valence-corrected chi connectivity index (χ4v) is 5.94. The van der Waals surface area contributed by atoms with Crippen molar-refractivity contribution in [3.8, 4) is 0 Å². The van der Waals surface area contributed by atoms with Crippen LogP contribution in [0, 0.1) is 6.08 Å². The van der Waals surface area contributed by atoms with Crippen molar-refractivity contribution in [2.45, 2.75) is 102 Å². The number of nitrogens with zero attached hydrogens (tertiary/aromatic N) is 1. The fraction of sp³-hybridized carbons (Fsp3) is 0.739. The van der Waals surface area contributed by atoms with Crippen LogP contribution in [0.4, 0.5) is 0 Å². The summed E-state index contributed by atoms with van der Waals surface area (Å²) in [6.45, 7) is 22.5. The zero-order valence-electron chi connectivity index (χ0n) is 22.2. The topological polar surface area (TPSA) is 82.5 Å². The van der Waals surface area contributed by atoms with Crippen LogP contribution < -0.4 is 30.1 Å². The van der Waals surface area contributed by atoms with Gasteiger partial charge in [-0.1, -0.05) is 53.3 Å². The molecule has 0 unspecified atom stereocenters. The number of H-pyrrole nitrogens is 1. The third kappa shape index (κ3) is 5.45. The SMILES string of the molecule is CC(C)(C)[Si](C)(C)OC[C@H]1O[C@]2([C-]=Cc3cc(=O)[nH]c(=O)n32)C[C@@H]1O[Si](C)(C)C(C)(C)C.[Li+]. The standard InChI is InChI=1S/C23H39N2O5Si2.Li/c1-21(2,3)31(7,8)28-15-18-17(30-32(9,10)22(4,5)6)14-23(29-18)12-11-16-13-19(26)24-20(27)25(16)23;/h11,13,17-18H,14-15H2,1-10H3,(H,24,26,27);/q-1;+1/t17-,18+,23+;/m0./s1. The minimum atomic E-state index is -2.11. The van der Waals surface area contributed by atoms with Gasteiger partial charge in [0.25, 0.3) is 0 Å². The number of aromatic amines is 1. The average molecular weight is 487 g/mol. The van der Waals surface area contributed by atoms with Crippen molar-refractivity contribution >= 4 is 22.7 Å². The molecule has 3 heterocycles. The molecule has 10 heteroatoms. The van der Waals surface area contributed by atoms with Crippen LogP contribution in [0.5, 0.6) is 0 Å². The van der Waals surface area contributed by atoms with Gasteiger partial charge in [0.2, 0.25) is 5.56 Å². The Balaban J connectivity index is 0.00000385. The van der Waals surface area contributed by atoms with Crippen molar-refractivity contribution in [3.63, 3.8) is 0 Å². The Kier molecular flexibility index (Phi) is 7.86. The van der Waals surface area contributed by atoms with E-state index in [-0.39, 0.29) is 41.1 Å². The van der Waals surface area contributed by atoms with Gasteiger partial charge in [0.15, 0.2) is 16.6 Å². The molecule has 0 saturated carbocycles. The molecule has 2 aliphatic rings. The zero-order valence-corrected chi connectivity index (χ0v) is 24.2. The molecule has 1 fully saturated rings. The van der Waals surface area contributed by atoms with Crippen LogP contribution in [0.25, 0.3) is 6.08 Å². The first-order valence-corrected chi connectivity index (χ1v) is 17.2. The molecule has 2 aliphatic heterocycles. The van der Waals surface area contributed by atoms with Crippen LogP contribution in [0.3, 0.4) is 0 Å². The van der Waals surface area contributed by atoms with Gasteiger partial charge in [0.05, 0.1) is 18.4 Å². The third-order valence-corrected chi connectivity index (χ3v) is 16.7. The van der Waals surface area contributed by atoms with Gasteiger partial charge in [-0.15, -0.1) is 0 Å². The third-order valence-electron chi connectivity index (χ3n) is 7.68. The summed E-state index contributed by atoms with van der Waals surface area (Å²) in [5.74, 6) is 0. The molecule has 3 rings (SSSR count). The number of aromatic nitrogens is 2. The summed E-state index contributed by atoms with van der Waals surface area (Å²) >= 11 is 0. The van der Waals surface area contributed by atoms with Crippen LogP contribution >= 0.6 is 0 Å². The monoisotopic (exact) mass is 486 g/mol. The summed E-state index contributed by atoms with van der Waals surface area (Å²) < 4.78 is 21.3. The molecule has 1 spiro atoms. The van der Waals surface area contributed by atoms with Gasteiger partial charge in [-0.05, 0) is 36.3 Å². The first-order chi connectivity index (χ1) is 14.4. The van der Waals surface area contributed by atoms with E-state index in [0.717, 1.165) is 0 Å². The minimum absolute atomic E-state index is 0. The van der Waals surface area contributed by atoms with E-state index < -0.39 is 33.6 Å². The van der Waals surface area contributed by atoms with Crippen molar-refractivity contribution in [2.24, 2.45) is 0 Å². The van der Waals surface area contributed by atoms with Crippen molar-refractivity contribution in [1.29, 1.82) is 0 Å². The molecule has 0 aromatic carbocycles. The molecule has 1 aromatic heterocycles. The number of hydrogen-bond donors (Lipinski definition) is 1. The molecule has 180 valence electrons. The molecular formula is C23H39LiN2O5Si2. The Hall–Kier alpha value is -0.669. The van der Waals surface area contributed by atoms with Crippen molar-refractivity contribution < 1.29 is 32.4 Å². The summed E-state index contributed by atoms with van der Waals surface area (Å²) in [5, 5.41) is 0.101. The van der Waals surface area contributed by atoms with Crippen LogP contribution in [0.2, 0.25) is 36.3 Å². The van der Waals surface area contributed by atoms with E-state index >= 15 is 0 Å². The molecular weight excluding hydrogens is 447 g/mol. The largest absolute Gasteiger partial charge is 1.00 e. The van der Waals surface area contributed by atoms with Crippen molar-refractivity contribution in [1.82, 2.24) is 9.55 Å². The summed E-state index contributed by atoms with van der Waals surface area (Å²) in [6.07, 6.45) is 4.75. The summed E-state index contributed by atoms with van der Waals surface area (Å²) in [4.78, 5) is 26.9. The summed E-state index contributed by atoms with van der Waals surface area (Å²) in [5.41, 5.74) is -1.52. The number of hydrogen-bond acceptors (Lipinski definition) is 5. The Morgan fingerprint density at radius 1 is 1.12 bits per heavy atom. The Morgan fingerprint density at radius 2 is 1.70 bits per heavy atom. The normalized spacial score (nSPS) is 25.4. The van der Waals surface area contributed by atoms with E-state index in [0.29, 0.717) is 18.7 Å². The van der Waals surface area contributed by atoms with E-state index in [2.05, 4.69) is 78.8 Å². The van der Waals surface area contributed by atoms with E-state index in [1.807, 2.05) is 0 Å². The molecule has 0 amide bonds. The predicted octanol–water partition coefficient (Wildman–Crippen LogP) is 1.22. The zero-order chi connectivity index (χ0) is 24.3. The molecule has 1 aromatic rings. The molecule has 1 N–H and O–H groups in total. The van der Waals surface area contributed by atoms with Crippen LogP contribution in [0.1, 0.15) is 53.7 Å². The quantitative estimate of drug-likeness (QED) is 0.500. The van der Waals surface area contributed by atoms with E-state index in [4.69, 9.17) is 13.6 Å². The van der Waals surface area contributed by atoms with Gasteiger partial charge in [-0.25, -0.2) is 16.9 Å². The molecule has 3 atom stereocenters. The van der Waals surface area contributed by atoms with Gasteiger partial charge in [0, 0.05) is 6.42 Å². The Labute approximate surface area is 211 Å². The minimum Gasteiger partial charge on any atom is -0.414 e. The number of ether oxygens (including phenoxy) is 1. The van der Waals surface area contributed by atoms with Crippen LogP contribution in [-0.2, 0) is 19.3 Å². The second kappa shape index (κ2) is 9.08. The Morgan fingerprint density at radius 3 is 2.24 bits per heavy atom. The fourth-order valence-electron chi connectivity index (χ4n) is 3.58. The molecule has 33 heavy (non-hydrogen) atoms. The first kappa shape index (κ1) is 28.6. The van der Waals surface area contributed by atoms with E-state index in [1.165, 1.54) is 10.6 Å². The number of fused-ring (bicyclic) bond motifs is 2. The van der Waals surface area contributed by atoms with Gasteiger partial charge in [0.1, 0.15) is 6.10 Å². The first-order valence-electron chi connectivity index (χ1n) is 11.4. The van der Waals surface area contributed by atoms with Gasteiger partial charge >= 0.3 is 24.6 Å². The smallest absolute Gasteiger partial charge is 0.414 e. The molecule has 1 saturated heterocycles. The molecule has 7 nitrogen and oxygen atoms in total. The Bertz CT molecular complexity index is 1020. The second-order valence-corrected chi connectivity index (χ2v) is 21.7. The van der Waals surface area contributed by atoms with Crippen LogP contribution in [-0.4, -0.2) is 45.0 Å². The number of nitrogens with one attached hydrogen (secondary N) is 1. The van der Waals surface area contributed by atoms with Crippen LogP contribution in [0.15, 0.2) is 15.7 Å². The van der Waals surface area contributed by atoms with E-state index in [1.54, 1.807) is 6.08 Å². The molecule has 0 bridgehead atoms. The summed E-state index contributed by atoms with van der Waals surface area (Å²) in [7, 11) is -4.12. The maximum absolute atomic E-state index is 12.7. The summed E-state index contributed by atoms with van der Waals surface area (Å²) in [6, 6.07) is 1.40. The van der Waals surface area contributed by atoms with Crippen molar-refractivity contribution in [3.05, 3.63) is 38.7 Å². The van der Waals surface area contributed by atoms with Gasteiger partial charge in [-0.3, -0.25) is 9.78 Å². The average Bonchev–Trinajstić information content (AvgIpc) is 3.11. The van der Waals surface area contributed by atoms with Gasteiger partial charge < -0.3 is 18.2 Å². The van der Waals surface area contributed by atoms with Crippen molar-refractivity contribution in [2.75, 3.05) is 6.61 Å². The maximum Gasteiger partial charge on any atom is 1.00 e.